The quantitative estimate of drug-likeness (QED) is 0.491. The highest BCUT2D eigenvalue weighted by atomic mass is 32.2. The van der Waals surface area contributed by atoms with Crippen LogP contribution in [0.25, 0.3) is 0 Å². The minimum absolute atomic E-state index is 0.0461. The van der Waals surface area contributed by atoms with Crippen molar-refractivity contribution in [3.8, 4) is 0 Å². The molecule has 0 bridgehead atoms. The zero-order chi connectivity index (χ0) is 18.7. The average Bonchev–Trinajstić information content (AvgIpc) is 2.64. The second kappa shape index (κ2) is 7.92. The molecule has 4 heteroatoms. The molecule has 1 aromatic heterocycles. The number of aryl methyl sites for hydroxylation is 3. The van der Waals surface area contributed by atoms with Gasteiger partial charge in [-0.25, -0.2) is 4.98 Å². The monoisotopic (exact) mass is 364 g/mol. The van der Waals surface area contributed by atoms with Gasteiger partial charge in [0.1, 0.15) is 0 Å². The van der Waals surface area contributed by atoms with Crippen molar-refractivity contribution >= 4 is 11.8 Å². The lowest BCUT2D eigenvalue weighted by Gasteiger charge is -2.13. The number of thioether (sulfide) groups is 1. The molecule has 0 amide bonds. The maximum atomic E-state index is 12.9. The maximum absolute atomic E-state index is 12.9. The van der Waals surface area contributed by atoms with Crippen molar-refractivity contribution in [2.24, 2.45) is 7.05 Å². The van der Waals surface area contributed by atoms with Crippen LogP contribution in [0.2, 0.25) is 0 Å². The van der Waals surface area contributed by atoms with E-state index in [-0.39, 0.29) is 5.56 Å². The number of benzene rings is 2. The number of hydrogen-bond donors (Lipinski definition) is 0. The number of hydrogen-bond acceptors (Lipinski definition) is 3. The molecule has 3 aromatic rings. The normalized spacial score (nSPS) is 10.9. The topological polar surface area (TPSA) is 34.9 Å². The van der Waals surface area contributed by atoms with E-state index >= 15 is 0 Å². The minimum Gasteiger partial charge on any atom is -0.291 e. The molecule has 0 atom stereocenters. The second-order valence-electron chi connectivity index (χ2n) is 6.70. The third-order valence-electron chi connectivity index (χ3n) is 4.63. The van der Waals surface area contributed by atoms with Crippen LogP contribution in [0.4, 0.5) is 0 Å². The third-order valence-corrected chi connectivity index (χ3v) is 5.71. The zero-order valence-electron chi connectivity index (χ0n) is 15.7. The summed E-state index contributed by atoms with van der Waals surface area (Å²) in [5.74, 6) is 0.811. The standard InChI is InChI=1S/C22H24N2OS/c1-15-10-11-16(2)19(12-15)14-26-22-23-17(3)20(21(25)24(22)4)13-18-8-6-5-7-9-18/h5-12H,13-14H2,1-4H3. The molecule has 3 rings (SSSR count). The maximum Gasteiger partial charge on any atom is 0.257 e. The van der Waals surface area contributed by atoms with Gasteiger partial charge in [0.05, 0.1) is 0 Å². The Bertz CT molecular complexity index is 977. The van der Waals surface area contributed by atoms with Crippen molar-refractivity contribution in [2.75, 3.05) is 0 Å². The number of aromatic nitrogens is 2. The molecular formula is C22H24N2OS. The van der Waals surface area contributed by atoms with Crippen LogP contribution in [0.1, 0.15) is 33.5 Å². The summed E-state index contributed by atoms with van der Waals surface area (Å²) < 4.78 is 1.68. The molecule has 0 saturated heterocycles. The summed E-state index contributed by atoms with van der Waals surface area (Å²) >= 11 is 1.62. The van der Waals surface area contributed by atoms with Gasteiger partial charge in [-0.2, -0.15) is 0 Å². The Morgan fingerprint density at radius 2 is 1.77 bits per heavy atom. The Hall–Kier alpha value is -2.33. The predicted molar refractivity (Wildman–Crippen MR) is 109 cm³/mol. The van der Waals surface area contributed by atoms with E-state index in [0.717, 1.165) is 27.7 Å². The van der Waals surface area contributed by atoms with E-state index in [1.165, 1.54) is 16.7 Å². The van der Waals surface area contributed by atoms with E-state index in [0.29, 0.717) is 6.42 Å². The zero-order valence-corrected chi connectivity index (χ0v) is 16.6. The summed E-state index contributed by atoms with van der Waals surface area (Å²) in [4.78, 5) is 17.6. The van der Waals surface area contributed by atoms with Crippen molar-refractivity contribution in [3.63, 3.8) is 0 Å². The van der Waals surface area contributed by atoms with Gasteiger partial charge in [0, 0.05) is 30.5 Å². The average molecular weight is 365 g/mol. The van der Waals surface area contributed by atoms with Crippen LogP contribution in [0.3, 0.4) is 0 Å². The van der Waals surface area contributed by atoms with Crippen LogP contribution in [-0.2, 0) is 19.2 Å². The molecule has 0 aliphatic rings. The fraction of sp³-hybridized carbons (Fsp3) is 0.273. The second-order valence-corrected chi connectivity index (χ2v) is 7.65. The van der Waals surface area contributed by atoms with Gasteiger partial charge in [-0.3, -0.25) is 9.36 Å². The highest BCUT2D eigenvalue weighted by Gasteiger charge is 2.13. The molecule has 0 unspecified atom stereocenters. The molecule has 0 aliphatic carbocycles. The van der Waals surface area contributed by atoms with Gasteiger partial charge in [-0.15, -0.1) is 0 Å². The first kappa shape index (κ1) is 18.5. The number of nitrogens with zero attached hydrogens (tertiary/aromatic N) is 2. The van der Waals surface area contributed by atoms with Gasteiger partial charge in [-0.05, 0) is 37.5 Å². The molecule has 0 radical (unpaired) electrons. The van der Waals surface area contributed by atoms with Crippen LogP contribution < -0.4 is 5.56 Å². The first-order valence-corrected chi connectivity index (χ1v) is 9.73. The Kier molecular flexibility index (Phi) is 5.62. The van der Waals surface area contributed by atoms with Crippen LogP contribution in [0.5, 0.6) is 0 Å². The Balaban J connectivity index is 1.85. The first-order valence-electron chi connectivity index (χ1n) is 8.75. The van der Waals surface area contributed by atoms with Crippen molar-refractivity contribution in [1.82, 2.24) is 9.55 Å². The van der Waals surface area contributed by atoms with Crippen molar-refractivity contribution < 1.29 is 0 Å². The van der Waals surface area contributed by atoms with Crippen molar-refractivity contribution in [3.05, 3.63) is 92.4 Å². The van der Waals surface area contributed by atoms with Crippen molar-refractivity contribution in [1.29, 1.82) is 0 Å². The van der Waals surface area contributed by atoms with Gasteiger partial charge in [0.25, 0.3) is 5.56 Å². The molecule has 0 fully saturated rings. The highest BCUT2D eigenvalue weighted by Crippen LogP contribution is 2.23. The summed E-state index contributed by atoms with van der Waals surface area (Å²) in [5, 5.41) is 0.769. The Labute approximate surface area is 159 Å². The van der Waals surface area contributed by atoms with Gasteiger partial charge < -0.3 is 0 Å². The fourth-order valence-electron chi connectivity index (χ4n) is 2.96. The molecular weight excluding hydrogens is 340 g/mol. The summed E-state index contributed by atoms with van der Waals surface area (Å²) in [5.41, 5.74) is 6.58. The summed E-state index contributed by atoms with van der Waals surface area (Å²) in [7, 11) is 1.81. The van der Waals surface area contributed by atoms with E-state index in [4.69, 9.17) is 4.98 Å². The lowest BCUT2D eigenvalue weighted by atomic mass is 10.1. The molecule has 26 heavy (non-hydrogen) atoms. The molecule has 3 nitrogen and oxygen atoms in total. The highest BCUT2D eigenvalue weighted by molar-refractivity contribution is 7.98. The van der Waals surface area contributed by atoms with E-state index in [1.807, 2.05) is 44.3 Å². The SMILES string of the molecule is Cc1ccc(C)c(CSc2nc(C)c(Cc3ccccc3)c(=O)n2C)c1. The van der Waals surface area contributed by atoms with Crippen molar-refractivity contribution in [2.45, 2.75) is 38.1 Å². The van der Waals surface area contributed by atoms with Crippen LogP contribution in [0, 0.1) is 20.8 Å². The lowest BCUT2D eigenvalue weighted by Crippen LogP contribution is -2.25. The van der Waals surface area contributed by atoms with E-state index in [1.54, 1.807) is 16.3 Å². The summed E-state index contributed by atoms with van der Waals surface area (Å²) in [6.45, 7) is 6.15. The molecule has 0 aliphatic heterocycles. The van der Waals surface area contributed by atoms with E-state index in [2.05, 4.69) is 32.0 Å². The fourth-order valence-corrected chi connectivity index (χ4v) is 4.03. The molecule has 2 aromatic carbocycles. The summed E-state index contributed by atoms with van der Waals surface area (Å²) in [6.07, 6.45) is 0.619. The predicted octanol–water partition coefficient (Wildman–Crippen LogP) is 4.59. The lowest BCUT2D eigenvalue weighted by molar-refractivity contribution is 0.683. The van der Waals surface area contributed by atoms with Gasteiger partial charge in [0.2, 0.25) is 0 Å². The Morgan fingerprint density at radius 3 is 2.50 bits per heavy atom. The van der Waals surface area contributed by atoms with Crippen LogP contribution in [-0.4, -0.2) is 9.55 Å². The van der Waals surface area contributed by atoms with Crippen LogP contribution >= 0.6 is 11.8 Å². The first-order chi connectivity index (χ1) is 12.5. The van der Waals surface area contributed by atoms with Gasteiger partial charge in [-0.1, -0.05) is 65.9 Å². The van der Waals surface area contributed by atoms with E-state index in [9.17, 15) is 4.79 Å². The molecule has 0 N–H and O–H groups in total. The molecule has 1 heterocycles. The molecule has 0 spiro atoms. The third kappa shape index (κ3) is 4.07. The van der Waals surface area contributed by atoms with Crippen LogP contribution in [0.15, 0.2) is 58.5 Å². The van der Waals surface area contributed by atoms with Gasteiger partial charge in [0.15, 0.2) is 5.16 Å². The van der Waals surface area contributed by atoms with E-state index < -0.39 is 0 Å². The smallest absolute Gasteiger partial charge is 0.257 e. The largest absolute Gasteiger partial charge is 0.291 e. The molecule has 134 valence electrons. The molecule has 0 saturated carbocycles. The summed E-state index contributed by atoms with van der Waals surface area (Å²) in [6, 6.07) is 16.5. The minimum atomic E-state index is 0.0461. The van der Waals surface area contributed by atoms with Gasteiger partial charge >= 0.3 is 0 Å². The number of rotatable bonds is 5. The Morgan fingerprint density at radius 1 is 1.04 bits per heavy atom.